The lowest BCUT2D eigenvalue weighted by molar-refractivity contribution is -0.134. The number of fused-ring (bicyclic) bond motifs is 5. The molecule has 39 heavy (non-hydrogen) atoms. The van der Waals surface area contributed by atoms with E-state index < -0.39 is 0 Å². The minimum atomic E-state index is -0.267. The standard InChI is InChI=1S/C33H54N2O4/c1-21(2)39-31(38)35-18-17-34(20-23(35)4)30(37)12-7-22(3)27-10-11-28-26-9-8-24-19-25(36)13-15-32(24,5)29(26)14-16-33(27,28)6/h8,21-23,25-29,36H,7,9-20H2,1-6H3/t22-,23+,25+,26+,27-,28+,29+,32+,33-/m1/s1. The van der Waals surface area contributed by atoms with Crippen LogP contribution in [-0.4, -0.2) is 64.8 Å². The summed E-state index contributed by atoms with van der Waals surface area (Å²) in [5.74, 6) is 3.84. The quantitative estimate of drug-likeness (QED) is 0.407. The van der Waals surface area contributed by atoms with Crippen molar-refractivity contribution in [3.63, 3.8) is 0 Å². The van der Waals surface area contributed by atoms with E-state index in [4.69, 9.17) is 4.74 Å². The number of carbonyl (C=O) groups is 2. The molecule has 0 bridgehead atoms. The number of nitrogens with zero attached hydrogens (tertiary/aromatic N) is 2. The Bertz CT molecular complexity index is 963. The second-order valence-corrected chi connectivity index (χ2v) is 14.7. The first-order valence-corrected chi connectivity index (χ1v) is 16.1. The second-order valence-electron chi connectivity index (χ2n) is 14.7. The van der Waals surface area contributed by atoms with E-state index in [0.29, 0.717) is 48.7 Å². The SMILES string of the molecule is CC(C)OC(=O)N1CCN(C(=O)CC[C@@H](C)[C@H]2CC[C@H]3[C@@H]4CC=C5C[C@@H](O)CC[C@]5(C)[C@H]4CC[C@]23C)C[C@@H]1C. The lowest BCUT2D eigenvalue weighted by Crippen LogP contribution is -2.55. The zero-order valence-electron chi connectivity index (χ0n) is 25.5. The van der Waals surface area contributed by atoms with Crippen LogP contribution in [0.3, 0.4) is 0 Å². The van der Waals surface area contributed by atoms with Gasteiger partial charge in [-0.25, -0.2) is 4.79 Å². The number of aliphatic hydroxyl groups is 1. The van der Waals surface area contributed by atoms with Gasteiger partial charge in [-0.3, -0.25) is 4.79 Å². The molecular formula is C33H54N2O4. The molecular weight excluding hydrogens is 488 g/mol. The van der Waals surface area contributed by atoms with E-state index in [1.54, 1.807) is 10.5 Å². The van der Waals surface area contributed by atoms with Crippen molar-refractivity contribution in [2.24, 2.45) is 40.4 Å². The first-order valence-electron chi connectivity index (χ1n) is 16.1. The van der Waals surface area contributed by atoms with E-state index >= 15 is 0 Å². The fourth-order valence-corrected chi connectivity index (χ4v) is 10.1. The van der Waals surface area contributed by atoms with Crippen molar-refractivity contribution in [1.29, 1.82) is 0 Å². The summed E-state index contributed by atoms with van der Waals surface area (Å²) in [4.78, 5) is 29.3. The molecule has 1 saturated heterocycles. The number of carbonyl (C=O) groups excluding carboxylic acids is 2. The number of aliphatic hydroxyl groups excluding tert-OH is 1. The third-order valence-corrected chi connectivity index (χ3v) is 12.2. The van der Waals surface area contributed by atoms with E-state index in [1.807, 2.05) is 25.7 Å². The molecule has 0 aromatic carbocycles. The maximum Gasteiger partial charge on any atom is 0.410 e. The van der Waals surface area contributed by atoms with Gasteiger partial charge in [-0.15, -0.1) is 0 Å². The third kappa shape index (κ3) is 5.28. The number of ether oxygens (including phenoxy) is 1. The van der Waals surface area contributed by atoms with Crippen LogP contribution in [-0.2, 0) is 9.53 Å². The second kappa shape index (κ2) is 11.0. The minimum Gasteiger partial charge on any atom is -0.447 e. The Morgan fingerprint density at radius 2 is 1.85 bits per heavy atom. The van der Waals surface area contributed by atoms with Crippen molar-refractivity contribution in [2.45, 2.75) is 124 Å². The molecule has 0 aromatic heterocycles. The highest BCUT2D eigenvalue weighted by Gasteiger charge is 2.59. The van der Waals surface area contributed by atoms with Crippen molar-refractivity contribution in [3.8, 4) is 0 Å². The molecule has 2 amide bonds. The average Bonchev–Trinajstić information content (AvgIpc) is 3.24. The zero-order chi connectivity index (χ0) is 28.1. The van der Waals surface area contributed by atoms with Crippen molar-refractivity contribution < 1.29 is 19.4 Å². The normalized spacial score (nSPS) is 40.9. The van der Waals surface area contributed by atoms with Crippen LogP contribution >= 0.6 is 0 Å². The summed E-state index contributed by atoms with van der Waals surface area (Å²) in [6.07, 6.45) is 13.1. The molecule has 3 saturated carbocycles. The molecule has 1 heterocycles. The summed E-state index contributed by atoms with van der Waals surface area (Å²) in [5, 5.41) is 10.3. The number of piperazine rings is 1. The summed E-state index contributed by atoms with van der Waals surface area (Å²) in [6, 6.07) is -0.0181. The molecule has 0 aromatic rings. The van der Waals surface area contributed by atoms with Crippen LogP contribution in [0, 0.1) is 40.4 Å². The first-order chi connectivity index (χ1) is 18.4. The van der Waals surface area contributed by atoms with Crippen LogP contribution in [0.1, 0.15) is 106 Å². The summed E-state index contributed by atoms with van der Waals surface area (Å²) >= 11 is 0. The highest BCUT2D eigenvalue weighted by Crippen LogP contribution is 2.67. The average molecular weight is 543 g/mol. The zero-order valence-corrected chi connectivity index (χ0v) is 25.5. The van der Waals surface area contributed by atoms with E-state index in [0.717, 1.165) is 43.4 Å². The Morgan fingerprint density at radius 3 is 2.56 bits per heavy atom. The summed E-state index contributed by atoms with van der Waals surface area (Å²) in [7, 11) is 0. The Labute approximate surface area is 236 Å². The molecule has 220 valence electrons. The molecule has 6 heteroatoms. The topological polar surface area (TPSA) is 70.1 Å². The lowest BCUT2D eigenvalue weighted by Gasteiger charge is -2.58. The largest absolute Gasteiger partial charge is 0.447 e. The molecule has 4 aliphatic carbocycles. The van der Waals surface area contributed by atoms with Gasteiger partial charge in [0.15, 0.2) is 0 Å². The van der Waals surface area contributed by atoms with Gasteiger partial charge in [0.05, 0.1) is 12.2 Å². The van der Waals surface area contributed by atoms with Gasteiger partial charge in [0.1, 0.15) is 0 Å². The summed E-state index contributed by atoms with van der Waals surface area (Å²) in [5.41, 5.74) is 2.24. The molecule has 6 nitrogen and oxygen atoms in total. The Kier molecular flexibility index (Phi) is 8.18. The highest BCUT2D eigenvalue weighted by atomic mass is 16.6. The fraction of sp³-hybridized carbons (Fsp3) is 0.879. The van der Waals surface area contributed by atoms with Crippen LogP contribution in [0.2, 0.25) is 0 Å². The van der Waals surface area contributed by atoms with Crippen molar-refractivity contribution in [3.05, 3.63) is 11.6 Å². The molecule has 0 unspecified atom stereocenters. The first kappa shape index (κ1) is 29.0. The molecule has 0 spiro atoms. The van der Waals surface area contributed by atoms with Crippen LogP contribution in [0.5, 0.6) is 0 Å². The van der Waals surface area contributed by atoms with Gasteiger partial charge in [-0.1, -0.05) is 32.4 Å². The summed E-state index contributed by atoms with van der Waals surface area (Å²) < 4.78 is 5.38. The molecule has 1 aliphatic heterocycles. The van der Waals surface area contributed by atoms with Crippen molar-refractivity contribution >= 4 is 12.0 Å². The highest BCUT2D eigenvalue weighted by molar-refractivity contribution is 5.77. The fourth-order valence-electron chi connectivity index (χ4n) is 10.1. The van der Waals surface area contributed by atoms with Gasteiger partial charge in [-0.2, -0.15) is 0 Å². The smallest absolute Gasteiger partial charge is 0.410 e. The number of amides is 2. The van der Waals surface area contributed by atoms with Gasteiger partial charge in [-0.05, 0) is 119 Å². The molecule has 1 N–H and O–H groups in total. The van der Waals surface area contributed by atoms with E-state index in [2.05, 4.69) is 26.8 Å². The van der Waals surface area contributed by atoms with Crippen LogP contribution < -0.4 is 0 Å². The van der Waals surface area contributed by atoms with E-state index in [1.165, 1.54) is 32.1 Å². The van der Waals surface area contributed by atoms with Crippen LogP contribution in [0.4, 0.5) is 4.79 Å². The predicted molar refractivity (Wildman–Crippen MR) is 154 cm³/mol. The van der Waals surface area contributed by atoms with Gasteiger partial charge < -0.3 is 19.6 Å². The van der Waals surface area contributed by atoms with E-state index in [-0.39, 0.29) is 30.3 Å². The Balaban J connectivity index is 1.16. The summed E-state index contributed by atoms with van der Waals surface area (Å²) in [6.45, 7) is 15.0. The number of rotatable bonds is 5. The van der Waals surface area contributed by atoms with Gasteiger partial charge in [0.25, 0.3) is 0 Å². The van der Waals surface area contributed by atoms with Gasteiger partial charge in [0.2, 0.25) is 5.91 Å². The van der Waals surface area contributed by atoms with Crippen LogP contribution in [0.25, 0.3) is 0 Å². The maximum absolute atomic E-state index is 13.2. The predicted octanol–water partition coefficient (Wildman–Crippen LogP) is 6.42. The monoisotopic (exact) mass is 542 g/mol. The van der Waals surface area contributed by atoms with Gasteiger partial charge in [0, 0.05) is 32.1 Å². The van der Waals surface area contributed by atoms with Gasteiger partial charge >= 0.3 is 6.09 Å². The van der Waals surface area contributed by atoms with Crippen LogP contribution in [0.15, 0.2) is 11.6 Å². The lowest BCUT2D eigenvalue weighted by atomic mass is 9.47. The van der Waals surface area contributed by atoms with Crippen molar-refractivity contribution in [1.82, 2.24) is 9.80 Å². The molecule has 5 aliphatic rings. The molecule has 9 atom stereocenters. The maximum atomic E-state index is 13.2. The molecule has 0 radical (unpaired) electrons. The van der Waals surface area contributed by atoms with E-state index in [9.17, 15) is 14.7 Å². The minimum absolute atomic E-state index is 0.0181. The Hall–Kier alpha value is -1.56. The number of allylic oxidation sites excluding steroid dienone is 1. The Morgan fingerprint density at radius 1 is 1.08 bits per heavy atom. The van der Waals surface area contributed by atoms with Crippen molar-refractivity contribution in [2.75, 3.05) is 19.6 Å². The molecule has 5 rings (SSSR count). The molecule has 4 fully saturated rings. The third-order valence-electron chi connectivity index (χ3n) is 12.2. The number of hydrogen-bond donors (Lipinski definition) is 1. The number of hydrogen-bond acceptors (Lipinski definition) is 4.